The van der Waals surface area contributed by atoms with Crippen LogP contribution in [0.4, 0.5) is 0 Å². The molecule has 0 bridgehead atoms. The molecule has 0 saturated carbocycles. The smallest absolute Gasteiger partial charge is 0.166 e. The molecule has 118 valence electrons. The van der Waals surface area contributed by atoms with E-state index in [9.17, 15) is 0 Å². The molecule has 0 spiro atoms. The summed E-state index contributed by atoms with van der Waals surface area (Å²) in [5, 5.41) is 0. The summed E-state index contributed by atoms with van der Waals surface area (Å²) in [6.45, 7) is 9.29. The molecule has 1 nitrogen and oxygen atoms in total. The zero-order chi connectivity index (χ0) is 13.9. The molecule has 0 N–H and O–H groups in total. The third kappa shape index (κ3) is 7.88. The fourth-order valence-electron chi connectivity index (χ4n) is 3.02. The zero-order valence-electron chi connectivity index (χ0n) is 13.9. The molecule has 1 atom stereocenters. The van der Waals surface area contributed by atoms with Gasteiger partial charge in [-0.15, -0.1) is 0 Å². The molecule has 0 rings (SSSR count). The SMILES string of the molecule is CCCC[P+](CCC)(CCCC)C(CCC)OC.[Cl-]. The number of halogens is 1. The standard InChI is InChI=1S/C16H36OP.ClH/c1-6-10-14-18(13-9-4,15-11-7-2)16(17-5)12-8-3;/h16H,6-15H2,1-5H3;1H/q+1;/p-1. The summed E-state index contributed by atoms with van der Waals surface area (Å²) in [5.74, 6) is 0.584. The maximum Gasteiger partial charge on any atom is 0.166 e. The molecule has 0 aromatic carbocycles. The molecule has 0 heterocycles. The second kappa shape index (κ2) is 13.7. The Morgan fingerprint density at radius 2 is 1.32 bits per heavy atom. The molecule has 0 aromatic rings. The zero-order valence-corrected chi connectivity index (χ0v) is 15.5. The van der Waals surface area contributed by atoms with E-state index in [1.54, 1.807) is 0 Å². The van der Waals surface area contributed by atoms with Gasteiger partial charge in [0.05, 0.1) is 18.5 Å². The minimum atomic E-state index is -0.878. The van der Waals surface area contributed by atoms with Crippen molar-refractivity contribution in [3.05, 3.63) is 0 Å². The lowest BCUT2D eigenvalue weighted by molar-refractivity contribution is -0.00000464. The van der Waals surface area contributed by atoms with Crippen LogP contribution in [-0.4, -0.2) is 31.4 Å². The van der Waals surface area contributed by atoms with E-state index in [2.05, 4.69) is 27.7 Å². The van der Waals surface area contributed by atoms with Crippen LogP contribution in [0.3, 0.4) is 0 Å². The molecule has 0 fully saturated rings. The number of rotatable bonds is 12. The molecule has 19 heavy (non-hydrogen) atoms. The summed E-state index contributed by atoms with van der Waals surface area (Å²) in [5.41, 5.74) is 0. The third-order valence-electron chi connectivity index (χ3n) is 4.00. The average Bonchev–Trinajstić information content (AvgIpc) is 2.39. The molecular weight excluding hydrogens is 275 g/mol. The highest BCUT2D eigenvalue weighted by molar-refractivity contribution is 7.76. The van der Waals surface area contributed by atoms with E-state index in [-0.39, 0.29) is 12.4 Å². The van der Waals surface area contributed by atoms with E-state index < -0.39 is 7.26 Å². The van der Waals surface area contributed by atoms with Crippen LogP contribution >= 0.6 is 7.26 Å². The van der Waals surface area contributed by atoms with Gasteiger partial charge in [0.2, 0.25) is 0 Å². The van der Waals surface area contributed by atoms with E-state index >= 15 is 0 Å². The lowest BCUT2D eigenvalue weighted by Crippen LogP contribution is -3.00. The molecule has 0 radical (unpaired) electrons. The highest BCUT2D eigenvalue weighted by Crippen LogP contribution is 2.65. The van der Waals surface area contributed by atoms with Crippen LogP contribution in [0.25, 0.3) is 0 Å². The molecule has 1 unspecified atom stereocenters. The Hall–Kier alpha value is 0.680. The van der Waals surface area contributed by atoms with E-state index in [0.717, 1.165) is 0 Å². The van der Waals surface area contributed by atoms with Gasteiger partial charge in [0.25, 0.3) is 0 Å². The molecule has 0 aliphatic heterocycles. The second-order valence-electron chi connectivity index (χ2n) is 5.58. The number of ether oxygens (including phenoxy) is 1. The molecule has 0 aromatic heterocycles. The highest BCUT2D eigenvalue weighted by Gasteiger charge is 2.43. The van der Waals surface area contributed by atoms with Gasteiger partial charge >= 0.3 is 0 Å². The van der Waals surface area contributed by atoms with Gasteiger partial charge in [-0.25, -0.2) is 0 Å². The van der Waals surface area contributed by atoms with Crippen molar-refractivity contribution in [1.29, 1.82) is 0 Å². The van der Waals surface area contributed by atoms with Gasteiger partial charge in [-0.2, -0.15) is 0 Å². The predicted molar refractivity (Wildman–Crippen MR) is 87.3 cm³/mol. The van der Waals surface area contributed by atoms with Crippen LogP contribution in [0.1, 0.15) is 72.6 Å². The van der Waals surface area contributed by atoms with Crippen LogP contribution in [-0.2, 0) is 4.74 Å². The normalized spacial score (nSPS) is 13.1. The second-order valence-corrected chi connectivity index (χ2v) is 9.93. The van der Waals surface area contributed by atoms with E-state index in [1.807, 2.05) is 7.11 Å². The van der Waals surface area contributed by atoms with E-state index in [4.69, 9.17) is 4.74 Å². The van der Waals surface area contributed by atoms with Crippen LogP contribution < -0.4 is 12.4 Å². The van der Waals surface area contributed by atoms with Gasteiger partial charge in [0.15, 0.2) is 5.85 Å². The van der Waals surface area contributed by atoms with Gasteiger partial charge < -0.3 is 17.1 Å². The van der Waals surface area contributed by atoms with Crippen molar-refractivity contribution >= 4 is 7.26 Å². The summed E-state index contributed by atoms with van der Waals surface area (Å²) in [7, 11) is 1.07. The first-order valence-corrected chi connectivity index (χ1v) is 10.5. The first-order valence-electron chi connectivity index (χ1n) is 8.09. The maximum absolute atomic E-state index is 5.95. The Bertz CT molecular complexity index is 180. The van der Waals surface area contributed by atoms with Gasteiger partial charge in [-0.3, -0.25) is 0 Å². The lowest BCUT2D eigenvalue weighted by Gasteiger charge is -2.34. The quantitative estimate of drug-likeness (QED) is 0.504. The predicted octanol–water partition coefficient (Wildman–Crippen LogP) is 2.79. The minimum Gasteiger partial charge on any atom is -1.00 e. The first-order chi connectivity index (χ1) is 8.70. The van der Waals surface area contributed by atoms with Crippen molar-refractivity contribution in [3.8, 4) is 0 Å². The summed E-state index contributed by atoms with van der Waals surface area (Å²) in [6.07, 6.45) is 13.7. The summed E-state index contributed by atoms with van der Waals surface area (Å²) in [4.78, 5) is 0. The van der Waals surface area contributed by atoms with E-state index in [1.165, 1.54) is 63.4 Å². The summed E-state index contributed by atoms with van der Waals surface area (Å²) < 4.78 is 5.95. The van der Waals surface area contributed by atoms with Crippen LogP contribution in [0.2, 0.25) is 0 Å². The van der Waals surface area contributed by atoms with Gasteiger partial charge in [0, 0.05) is 20.8 Å². The number of hydrogen-bond acceptors (Lipinski definition) is 1. The fraction of sp³-hybridized carbons (Fsp3) is 1.00. The monoisotopic (exact) mass is 310 g/mol. The Balaban J connectivity index is 0. The number of methoxy groups -OCH3 is 1. The Morgan fingerprint density at radius 1 is 0.789 bits per heavy atom. The van der Waals surface area contributed by atoms with Crippen LogP contribution in [0, 0.1) is 0 Å². The summed E-state index contributed by atoms with van der Waals surface area (Å²) in [6, 6.07) is 0. The Labute approximate surface area is 129 Å². The van der Waals surface area contributed by atoms with Crippen molar-refractivity contribution in [1.82, 2.24) is 0 Å². The van der Waals surface area contributed by atoms with Crippen molar-refractivity contribution < 1.29 is 17.1 Å². The van der Waals surface area contributed by atoms with Crippen LogP contribution in [0.15, 0.2) is 0 Å². The number of hydrogen-bond donors (Lipinski definition) is 0. The van der Waals surface area contributed by atoms with Crippen molar-refractivity contribution in [2.24, 2.45) is 0 Å². The van der Waals surface area contributed by atoms with Gasteiger partial charge in [-0.05, 0) is 19.3 Å². The molecule has 0 amide bonds. The lowest BCUT2D eigenvalue weighted by atomic mass is 10.3. The molecule has 0 saturated heterocycles. The average molecular weight is 311 g/mol. The number of unbranched alkanes of at least 4 members (excludes halogenated alkanes) is 2. The van der Waals surface area contributed by atoms with Gasteiger partial charge in [0.1, 0.15) is 0 Å². The molecular formula is C16H36ClOP. The largest absolute Gasteiger partial charge is 1.00 e. The van der Waals surface area contributed by atoms with Gasteiger partial charge in [-0.1, -0.05) is 47.0 Å². The Kier molecular flexibility index (Phi) is 15.8. The highest BCUT2D eigenvalue weighted by atomic mass is 35.5. The topological polar surface area (TPSA) is 9.23 Å². The van der Waals surface area contributed by atoms with E-state index in [0.29, 0.717) is 5.85 Å². The maximum atomic E-state index is 5.95. The van der Waals surface area contributed by atoms with Crippen molar-refractivity contribution in [3.63, 3.8) is 0 Å². The molecule has 0 aliphatic carbocycles. The fourth-order valence-corrected chi connectivity index (χ4v) is 8.59. The molecule has 3 heteroatoms. The van der Waals surface area contributed by atoms with Crippen molar-refractivity contribution in [2.75, 3.05) is 25.6 Å². The van der Waals surface area contributed by atoms with Crippen molar-refractivity contribution in [2.45, 2.75) is 78.5 Å². The molecule has 0 aliphatic rings. The summed E-state index contributed by atoms with van der Waals surface area (Å²) >= 11 is 0. The first kappa shape index (κ1) is 22.0. The third-order valence-corrected chi connectivity index (χ3v) is 9.44. The Morgan fingerprint density at radius 3 is 1.63 bits per heavy atom. The minimum absolute atomic E-state index is 0. The van der Waals surface area contributed by atoms with Crippen LogP contribution in [0.5, 0.6) is 0 Å².